The molecular formula is C7H9BBrNO2. The highest BCUT2D eigenvalue weighted by Crippen LogP contribution is 2.08. The monoisotopic (exact) mass is 229 g/mol. The molecule has 0 aliphatic carbocycles. The van der Waals surface area contributed by atoms with Gasteiger partial charge in [-0.1, -0.05) is 28.1 Å². The molecule has 0 amide bonds. The third-order valence-electron chi connectivity index (χ3n) is 1.58. The Morgan fingerprint density at radius 2 is 2.08 bits per heavy atom. The molecule has 12 heavy (non-hydrogen) atoms. The molecule has 0 heterocycles. The summed E-state index contributed by atoms with van der Waals surface area (Å²) in [6, 6.07) is 5.11. The van der Waals surface area contributed by atoms with Crippen molar-refractivity contribution in [3.63, 3.8) is 0 Å². The highest BCUT2D eigenvalue weighted by Gasteiger charge is 2.13. The maximum absolute atomic E-state index is 8.83. The molecule has 1 aromatic rings. The van der Waals surface area contributed by atoms with Gasteiger partial charge in [0.2, 0.25) is 0 Å². The van der Waals surface area contributed by atoms with E-state index in [4.69, 9.17) is 15.8 Å². The molecule has 0 saturated carbocycles. The van der Waals surface area contributed by atoms with Gasteiger partial charge in [-0.25, -0.2) is 0 Å². The van der Waals surface area contributed by atoms with Crippen molar-refractivity contribution in [3.05, 3.63) is 23.8 Å². The quantitative estimate of drug-likeness (QED) is 0.375. The lowest BCUT2D eigenvalue weighted by atomic mass is 9.79. The third-order valence-corrected chi connectivity index (χ3v) is 2.23. The molecule has 0 aliphatic heterocycles. The van der Waals surface area contributed by atoms with Crippen LogP contribution in [-0.4, -0.2) is 17.2 Å². The predicted molar refractivity (Wildman–Crippen MR) is 53.3 cm³/mol. The van der Waals surface area contributed by atoms with Gasteiger partial charge >= 0.3 is 7.12 Å². The van der Waals surface area contributed by atoms with Crippen LogP contribution >= 0.6 is 15.9 Å². The van der Waals surface area contributed by atoms with Crippen LogP contribution in [0.2, 0.25) is 0 Å². The lowest BCUT2D eigenvalue weighted by Gasteiger charge is -2.05. The fourth-order valence-electron chi connectivity index (χ4n) is 0.942. The largest absolute Gasteiger partial charge is 0.490 e. The van der Waals surface area contributed by atoms with Crippen molar-refractivity contribution in [1.29, 1.82) is 0 Å². The van der Waals surface area contributed by atoms with Crippen LogP contribution in [-0.2, 0) is 5.33 Å². The van der Waals surface area contributed by atoms with Crippen LogP contribution in [0.3, 0.4) is 0 Å². The van der Waals surface area contributed by atoms with E-state index in [9.17, 15) is 0 Å². The van der Waals surface area contributed by atoms with Crippen molar-refractivity contribution in [1.82, 2.24) is 0 Å². The molecular weight excluding hydrogens is 221 g/mol. The van der Waals surface area contributed by atoms with Crippen LogP contribution in [0, 0.1) is 0 Å². The zero-order valence-corrected chi connectivity index (χ0v) is 7.95. The van der Waals surface area contributed by atoms with E-state index >= 15 is 0 Å². The summed E-state index contributed by atoms with van der Waals surface area (Å²) >= 11 is 3.27. The van der Waals surface area contributed by atoms with Crippen LogP contribution in [0.5, 0.6) is 0 Å². The van der Waals surface area contributed by atoms with Gasteiger partial charge in [-0.05, 0) is 11.6 Å². The van der Waals surface area contributed by atoms with Gasteiger partial charge in [0, 0.05) is 16.5 Å². The first kappa shape index (κ1) is 9.57. The van der Waals surface area contributed by atoms with E-state index in [1.54, 1.807) is 18.2 Å². The minimum absolute atomic E-state index is 0.347. The van der Waals surface area contributed by atoms with Gasteiger partial charge in [-0.2, -0.15) is 0 Å². The summed E-state index contributed by atoms with van der Waals surface area (Å²) in [6.07, 6.45) is 0. The van der Waals surface area contributed by atoms with Crippen molar-refractivity contribution in [2.24, 2.45) is 0 Å². The number of alkyl halides is 1. The molecule has 3 nitrogen and oxygen atoms in total. The zero-order valence-electron chi connectivity index (χ0n) is 6.37. The van der Waals surface area contributed by atoms with Crippen molar-refractivity contribution in [2.45, 2.75) is 5.33 Å². The summed E-state index contributed by atoms with van der Waals surface area (Å²) in [5.41, 5.74) is 7.32. The highest BCUT2D eigenvalue weighted by atomic mass is 79.9. The zero-order chi connectivity index (χ0) is 9.14. The normalized spacial score (nSPS) is 9.92. The number of anilines is 1. The van der Waals surface area contributed by atoms with Crippen molar-refractivity contribution >= 4 is 34.2 Å². The number of hydrogen-bond donors (Lipinski definition) is 3. The van der Waals surface area contributed by atoms with E-state index in [0.29, 0.717) is 16.5 Å². The molecule has 0 fully saturated rings. The Morgan fingerprint density at radius 3 is 2.50 bits per heavy atom. The van der Waals surface area contributed by atoms with Gasteiger partial charge in [0.05, 0.1) is 0 Å². The lowest BCUT2D eigenvalue weighted by molar-refractivity contribution is 0.426. The van der Waals surface area contributed by atoms with Crippen LogP contribution in [0.4, 0.5) is 5.69 Å². The summed E-state index contributed by atoms with van der Waals surface area (Å²) in [4.78, 5) is 0. The summed E-state index contributed by atoms with van der Waals surface area (Å²) < 4.78 is 0. The van der Waals surface area contributed by atoms with E-state index in [-0.39, 0.29) is 0 Å². The van der Waals surface area contributed by atoms with Gasteiger partial charge in [-0.15, -0.1) is 0 Å². The van der Waals surface area contributed by atoms with Crippen LogP contribution < -0.4 is 11.2 Å². The number of halogens is 1. The van der Waals surface area contributed by atoms with Crippen molar-refractivity contribution in [2.75, 3.05) is 5.73 Å². The molecule has 1 aromatic carbocycles. The van der Waals surface area contributed by atoms with Gasteiger partial charge in [0.1, 0.15) is 0 Å². The first-order chi connectivity index (χ1) is 5.65. The van der Waals surface area contributed by atoms with Gasteiger partial charge in [-0.3, -0.25) is 0 Å². The molecule has 64 valence electrons. The summed E-state index contributed by atoms with van der Waals surface area (Å²) in [5.74, 6) is 0. The Bertz CT molecular complexity index is 280. The Hall–Kier alpha value is -0.515. The van der Waals surface area contributed by atoms with Crippen molar-refractivity contribution in [3.8, 4) is 0 Å². The molecule has 0 saturated heterocycles. The second-order valence-corrected chi connectivity index (χ2v) is 3.03. The molecule has 0 radical (unpaired) electrons. The molecule has 0 unspecified atom stereocenters. The van der Waals surface area contributed by atoms with Gasteiger partial charge < -0.3 is 15.8 Å². The molecule has 5 heteroatoms. The predicted octanol–water partition coefficient (Wildman–Crippen LogP) is -0.156. The summed E-state index contributed by atoms with van der Waals surface area (Å²) in [7, 11) is -1.49. The Kier molecular flexibility index (Phi) is 3.14. The standard InChI is InChI=1S/C7H9BBrNO2/c9-4-5-1-2-6(8(11)12)7(10)3-5/h1-3,11-12H,4,10H2. The molecule has 0 bridgehead atoms. The molecule has 0 aromatic heterocycles. The molecule has 0 atom stereocenters. The Labute approximate surface area is 79.5 Å². The lowest BCUT2D eigenvalue weighted by Crippen LogP contribution is -2.32. The maximum Gasteiger partial charge on any atom is 0.490 e. The molecule has 0 aliphatic rings. The van der Waals surface area contributed by atoms with Crippen LogP contribution in [0.25, 0.3) is 0 Å². The third kappa shape index (κ3) is 2.00. The molecule has 1 rings (SSSR count). The topological polar surface area (TPSA) is 66.5 Å². The average Bonchev–Trinajstić information content (AvgIpc) is 2.03. The summed E-state index contributed by atoms with van der Waals surface area (Å²) in [6.45, 7) is 0. The van der Waals surface area contributed by atoms with E-state index in [1.807, 2.05) is 0 Å². The second kappa shape index (κ2) is 3.93. The maximum atomic E-state index is 8.83. The fraction of sp³-hybridized carbons (Fsp3) is 0.143. The van der Waals surface area contributed by atoms with E-state index in [0.717, 1.165) is 5.56 Å². The number of nitrogens with two attached hydrogens (primary N) is 1. The molecule has 0 spiro atoms. The first-order valence-corrected chi connectivity index (χ1v) is 4.57. The van der Waals surface area contributed by atoms with Crippen LogP contribution in [0.15, 0.2) is 18.2 Å². The number of rotatable bonds is 2. The SMILES string of the molecule is Nc1cc(CBr)ccc1B(O)O. The summed E-state index contributed by atoms with van der Waals surface area (Å²) in [5, 5.41) is 18.4. The van der Waals surface area contributed by atoms with Crippen LogP contribution in [0.1, 0.15) is 5.56 Å². The Morgan fingerprint density at radius 1 is 1.42 bits per heavy atom. The Balaban J connectivity index is 3.03. The van der Waals surface area contributed by atoms with Gasteiger partial charge in [0.25, 0.3) is 0 Å². The van der Waals surface area contributed by atoms with E-state index in [1.165, 1.54) is 0 Å². The number of hydrogen-bond acceptors (Lipinski definition) is 3. The smallest absolute Gasteiger partial charge is 0.423 e. The van der Waals surface area contributed by atoms with E-state index < -0.39 is 7.12 Å². The van der Waals surface area contributed by atoms with Gasteiger partial charge in [0.15, 0.2) is 0 Å². The average molecular weight is 230 g/mol. The van der Waals surface area contributed by atoms with Crippen molar-refractivity contribution < 1.29 is 10.0 Å². The second-order valence-electron chi connectivity index (χ2n) is 2.47. The highest BCUT2D eigenvalue weighted by molar-refractivity contribution is 9.08. The minimum atomic E-state index is -1.49. The number of nitrogen functional groups attached to an aromatic ring is 1. The van der Waals surface area contributed by atoms with E-state index in [2.05, 4.69) is 15.9 Å². The fourth-order valence-corrected chi connectivity index (χ4v) is 1.29. The molecule has 4 N–H and O–H groups in total. The first-order valence-electron chi connectivity index (χ1n) is 3.45. The number of benzene rings is 1. The minimum Gasteiger partial charge on any atom is -0.423 e.